The second-order valence-corrected chi connectivity index (χ2v) is 11.8. The van der Waals surface area contributed by atoms with Crippen molar-refractivity contribution >= 4 is 8.32 Å². The number of rotatable bonds is 2. The molecule has 2 fully saturated rings. The molecule has 0 bridgehead atoms. The third-order valence-corrected chi connectivity index (χ3v) is 9.27. The van der Waals surface area contributed by atoms with E-state index in [1.165, 1.54) is 5.57 Å². The Bertz CT molecular complexity index is 317. The second-order valence-electron chi connectivity index (χ2n) is 7.09. The Hall–Kier alpha value is -0.123. The lowest BCUT2D eigenvalue weighted by Gasteiger charge is -2.38. The van der Waals surface area contributed by atoms with Crippen LogP contribution in [0.3, 0.4) is 0 Å². The molecule has 3 heteroatoms. The minimum atomic E-state index is -1.63. The van der Waals surface area contributed by atoms with Crippen LogP contribution in [0.1, 0.15) is 33.6 Å². The average molecular weight is 254 g/mol. The molecule has 1 heterocycles. The van der Waals surface area contributed by atoms with E-state index in [1.807, 2.05) is 0 Å². The van der Waals surface area contributed by atoms with Crippen LogP contribution < -0.4 is 0 Å². The van der Waals surface area contributed by atoms with Crippen LogP contribution in [-0.4, -0.2) is 27.1 Å². The fraction of sp³-hybridized carbons (Fsp3) is 0.857. The first-order chi connectivity index (χ1) is 7.71. The van der Waals surface area contributed by atoms with E-state index in [-0.39, 0.29) is 0 Å². The fourth-order valence-corrected chi connectivity index (χ4v) is 3.96. The molecule has 0 aromatic carbocycles. The van der Waals surface area contributed by atoms with Gasteiger partial charge < -0.3 is 9.16 Å². The van der Waals surface area contributed by atoms with Gasteiger partial charge >= 0.3 is 0 Å². The van der Waals surface area contributed by atoms with Gasteiger partial charge in [-0.15, -0.1) is 0 Å². The van der Waals surface area contributed by atoms with Gasteiger partial charge in [-0.1, -0.05) is 27.4 Å². The summed E-state index contributed by atoms with van der Waals surface area (Å²) in [6, 6.07) is 0. The summed E-state index contributed by atoms with van der Waals surface area (Å²) in [5, 5.41) is 0.294. The van der Waals surface area contributed by atoms with Crippen LogP contribution in [0.2, 0.25) is 18.1 Å². The van der Waals surface area contributed by atoms with Crippen molar-refractivity contribution < 1.29 is 9.16 Å². The second kappa shape index (κ2) is 4.21. The van der Waals surface area contributed by atoms with E-state index in [0.717, 1.165) is 19.4 Å². The van der Waals surface area contributed by atoms with E-state index in [0.29, 0.717) is 23.2 Å². The lowest BCUT2D eigenvalue weighted by Crippen LogP contribution is -2.43. The molecule has 1 saturated carbocycles. The monoisotopic (exact) mass is 254 g/mol. The maximum absolute atomic E-state index is 6.47. The van der Waals surface area contributed by atoms with Gasteiger partial charge in [0, 0.05) is 12.0 Å². The van der Waals surface area contributed by atoms with Gasteiger partial charge in [0.15, 0.2) is 8.32 Å². The van der Waals surface area contributed by atoms with Gasteiger partial charge in [-0.25, -0.2) is 0 Å². The third-order valence-electron chi connectivity index (χ3n) is 4.74. The molecular weight excluding hydrogens is 228 g/mol. The first-order valence-electron chi connectivity index (χ1n) is 6.68. The Labute approximate surface area is 107 Å². The Balaban J connectivity index is 1.97. The van der Waals surface area contributed by atoms with E-state index in [9.17, 15) is 0 Å². The average Bonchev–Trinajstić information content (AvgIpc) is 2.66. The highest BCUT2D eigenvalue weighted by atomic mass is 28.4. The number of ether oxygens (including phenoxy) is 1. The standard InChI is InChI=1S/C14H26O2Si/c1-10-9-15-13-8-11(7-12(10)13)16-17(5,6)14(2,3)4/h11-13H,1,7-9H2,2-6H3/t11-,12-,13-/m1/s1. The van der Waals surface area contributed by atoms with E-state index in [4.69, 9.17) is 9.16 Å². The van der Waals surface area contributed by atoms with E-state index >= 15 is 0 Å². The summed E-state index contributed by atoms with van der Waals surface area (Å²) >= 11 is 0. The molecule has 0 unspecified atom stereocenters. The predicted molar refractivity (Wildman–Crippen MR) is 73.7 cm³/mol. The van der Waals surface area contributed by atoms with Crippen molar-refractivity contribution in [3.63, 3.8) is 0 Å². The van der Waals surface area contributed by atoms with E-state index in [2.05, 4.69) is 40.4 Å². The van der Waals surface area contributed by atoms with Crippen LogP contribution in [0.25, 0.3) is 0 Å². The van der Waals surface area contributed by atoms with E-state index < -0.39 is 8.32 Å². The summed E-state index contributed by atoms with van der Waals surface area (Å²) in [4.78, 5) is 0. The maximum atomic E-state index is 6.47. The zero-order valence-corrected chi connectivity index (χ0v) is 12.9. The molecule has 2 aliphatic rings. The van der Waals surface area contributed by atoms with Crippen molar-refractivity contribution in [3.05, 3.63) is 12.2 Å². The highest BCUT2D eigenvalue weighted by molar-refractivity contribution is 6.74. The molecule has 2 nitrogen and oxygen atoms in total. The van der Waals surface area contributed by atoms with Crippen LogP contribution in [0.5, 0.6) is 0 Å². The Kier molecular flexibility index (Phi) is 3.30. The molecule has 17 heavy (non-hydrogen) atoms. The molecule has 0 N–H and O–H groups in total. The Morgan fingerprint density at radius 3 is 2.47 bits per heavy atom. The van der Waals surface area contributed by atoms with Gasteiger partial charge in [-0.3, -0.25) is 0 Å². The lowest BCUT2D eigenvalue weighted by molar-refractivity contribution is 0.0865. The van der Waals surface area contributed by atoms with Crippen molar-refractivity contribution in [2.24, 2.45) is 5.92 Å². The Morgan fingerprint density at radius 1 is 1.29 bits per heavy atom. The highest BCUT2D eigenvalue weighted by Gasteiger charge is 2.45. The van der Waals surface area contributed by atoms with E-state index in [1.54, 1.807) is 0 Å². The fourth-order valence-electron chi connectivity index (χ4n) is 2.58. The highest BCUT2D eigenvalue weighted by Crippen LogP contribution is 2.44. The maximum Gasteiger partial charge on any atom is 0.192 e. The molecular formula is C14H26O2Si. The van der Waals surface area contributed by atoms with Crippen LogP contribution in [0.15, 0.2) is 12.2 Å². The third kappa shape index (κ3) is 2.51. The molecule has 0 aromatic heterocycles. The molecule has 0 amide bonds. The van der Waals surface area contributed by atoms with Crippen molar-refractivity contribution in [2.45, 2.75) is 64.0 Å². The normalized spacial score (nSPS) is 34.2. The smallest absolute Gasteiger partial charge is 0.192 e. The van der Waals surface area contributed by atoms with Crippen LogP contribution in [-0.2, 0) is 9.16 Å². The molecule has 1 aliphatic carbocycles. The van der Waals surface area contributed by atoms with Crippen molar-refractivity contribution in [3.8, 4) is 0 Å². The summed E-state index contributed by atoms with van der Waals surface area (Å²) in [6.07, 6.45) is 2.96. The quantitative estimate of drug-likeness (QED) is 0.552. The molecule has 0 aromatic rings. The molecule has 1 aliphatic heterocycles. The van der Waals surface area contributed by atoms with Crippen LogP contribution >= 0.6 is 0 Å². The topological polar surface area (TPSA) is 18.5 Å². The van der Waals surface area contributed by atoms with Crippen molar-refractivity contribution in [1.29, 1.82) is 0 Å². The molecule has 3 atom stereocenters. The number of hydrogen-bond donors (Lipinski definition) is 0. The van der Waals surface area contributed by atoms with Crippen molar-refractivity contribution in [1.82, 2.24) is 0 Å². The minimum Gasteiger partial charge on any atom is -0.414 e. The SMILES string of the molecule is C=C1CO[C@@H]2C[C@H](O[Si](C)(C)C(C)(C)C)C[C@H]12. The van der Waals surface area contributed by atoms with Gasteiger partial charge in [0.2, 0.25) is 0 Å². The van der Waals surface area contributed by atoms with Gasteiger partial charge in [0.1, 0.15) is 0 Å². The summed E-state index contributed by atoms with van der Waals surface area (Å²) in [6.45, 7) is 16.4. The first-order valence-corrected chi connectivity index (χ1v) is 9.58. The zero-order valence-electron chi connectivity index (χ0n) is 11.9. The molecule has 98 valence electrons. The summed E-state index contributed by atoms with van der Waals surface area (Å²) in [5.41, 5.74) is 1.27. The predicted octanol–water partition coefficient (Wildman–Crippen LogP) is 3.74. The summed E-state index contributed by atoms with van der Waals surface area (Å²) < 4.78 is 12.2. The molecule has 2 rings (SSSR count). The van der Waals surface area contributed by atoms with Gasteiger partial charge in [-0.05, 0) is 36.5 Å². The van der Waals surface area contributed by atoms with Gasteiger partial charge in [-0.2, -0.15) is 0 Å². The first kappa shape index (κ1) is 13.3. The largest absolute Gasteiger partial charge is 0.414 e. The zero-order chi connectivity index (χ0) is 12.8. The molecule has 0 radical (unpaired) electrons. The summed E-state index contributed by atoms with van der Waals surface area (Å²) in [7, 11) is -1.63. The van der Waals surface area contributed by atoms with Crippen LogP contribution in [0.4, 0.5) is 0 Å². The van der Waals surface area contributed by atoms with Gasteiger partial charge in [0.05, 0.1) is 12.7 Å². The lowest BCUT2D eigenvalue weighted by atomic mass is 10.0. The number of fused-ring (bicyclic) bond motifs is 1. The minimum absolute atomic E-state index is 0.294. The number of hydrogen-bond acceptors (Lipinski definition) is 2. The van der Waals surface area contributed by atoms with Gasteiger partial charge in [0.25, 0.3) is 0 Å². The molecule has 0 spiro atoms. The molecule has 1 saturated heterocycles. The van der Waals surface area contributed by atoms with Crippen LogP contribution in [0, 0.1) is 5.92 Å². The van der Waals surface area contributed by atoms with Crippen molar-refractivity contribution in [2.75, 3.05) is 6.61 Å². The summed E-state index contributed by atoms with van der Waals surface area (Å²) in [5.74, 6) is 0.560. The Morgan fingerprint density at radius 2 is 1.94 bits per heavy atom.